The van der Waals surface area contributed by atoms with Crippen molar-refractivity contribution in [3.63, 3.8) is 0 Å². The van der Waals surface area contributed by atoms with Crippen LogP contribution in [0.5, 0.6) is 0 Å². The predicted octanol–water partition coefficient (Wildman–Crippen LogP) is 0.776. The number of hydrogen-bond donors (Lipinski definition) is 1. The summed E-state index contributed by atoms with van der Waals surface area (Å²) in [5.41, 5.74) is 0. The molecule has 0 atom stereocenters. The van der Waals surface area contributed by atoms with Gasteiger partial charge in [0.15, 0.2) is 0 Å². The van der Waals surface area contributed by atoms with E-state index in [4.69, 9.17) is 5.11 Å². The zero-order valence-corrected chi connectivity index (χ0v) is 11.0. The molecule has 1 fully saturated rings. The molecule has 0 aromatic carbocycles. The smallest absolute Gasteiger partial charge is 0.281 e. The van der Waals surface area contributed by atoms with Crippen molar-refractivity contribution >= 4 is 22.9 Å². The van der Waals surface area contributed by atoms with Gasteiger partial charge in [0.05, 0.1) is 6.61 Å². The lowest BCUT2D eigenvalue weighted by molar-refractivity contribution is -0.131. The first kappa shape index (κ1) is 14.3. The Bertz CT molecular complexity index is 267. The third kappa shape index (κ3) is 4.55. The molecule has 1 heterocycles. The first-order valence-electron chi connectivity index (χ1n) is 5.99. The molecular formula is C11H20N2O3S. The highest BCUT2D eigenvalue weighted by Gasteiger charge is 2.22. The van der Waals surface area contributed by atoms with Crippen LogP contribution in [-0.4, -0.2) is 64.6 Å². The monoisotopic (exact) mass is 260 g/mol. The van der Waals surface area contributed by atoms with Crippen LogP contribution in [0.25, 0.3) is 0 Å². The average Bonchev–Trinajstić information content (AvgIpc) is 2.71. The fourth-order valence-corrected chi connectivity index (χ4v) is 2.62. The van der Waals surface area contributed by atoms with Crippen LogP contribution < -0.4 is 0 Å². The molecule has 0 saturated carbocycles. The van der Waals surface area contributed by atoms with E-state index in [0.717, 1.165) is 18.7 Å². The largest absolute Gasteiger partial charge is 0.395 e. The normalized spacial score (nSPS) is 15.4. The zero-order valence-electron chi connectivity index (χ0n) is 10.2. The second-order valence-electron chi connectivity index (χ2n) is 3.96. The van der Waals surface area contributed by atoms with Crippen molar-refractivity contribution in [1.29, 1.82) is 0 Å². The summed E-state index contributed by atoms with van der Waals surface area (Å²) in [6.07, 6.45) is 1.23. The molecule has 1 aliphatic heterocycles. The molecule has 0 spiro atoms. The van der Waals surface area contributed by atoms with E-state index in [2.05, 4.69) is 0 Å². The van der Waals surface area contributed by atoms with Crippen LogP contribution in [0.3, 0.4) is 0 Å². The molecule has 98 valence electrons. The van der Waals surface area contributed by atoms with Crippen LogP contribution in [0.2, 0.25) is 0 Å². The molecule has 0 aliphatic carbocycles. The Kier molecular flexibility index (Phi) is 6.36. The Morgan fingerprint density at radius 2 is 2.29 bits per heavy atom. The van der Waals surface area contributed by atoms with Crippen molar-refractivity contribution < 1.29 is 14.7 Å². The van der Waals surface area contributed by atoms with Gasteiger partial charge in [0.25, 0.3) is 5.24 Å². The molecule has 0 radical (unpaired) electrons. The number of aliphatic hydroxyl groups is 1. The van der Waals surface area contributed by atoms with Gasteiger partial charge < -0.3 is 14.9 Å². The molecule has 0 aromatic rings. The van der Waals surface area contributed by atoms with E-state index in [0.29, 0.717) is 26.1 Å². The number of carbonyl (C=O) groups excluding carboxylic acids is 2. The molecule has 6 heteroatoms. The SMILES string of the molecule is CCCN(CCO)C(=O)CCN1CCSC1=O. The average molecular weight is 260 g/mol. The van der Waals surface area contributed by atoms with Crippen molar-refractivity contribution in [3.8, 4) is 0 Å². The summed E-state index contributed by atoms with van der Waals surface area (Å²) in [7, 11) is 0. The highest BCUT2D eigenvalue weighted by atomic mass is 32.2. The highest BCUT2D eigenvalue weighted by Crippen LogP contribution is 2.17. The van der Waals surface area contributed by atoms with Crippen molar-refractivity contribution in [2.75, 3.05) is 38.5 Å². The third-order valence-corrected chi connectivity index (χ3v) is 3.55. The maximum Gasteiger partial charge on any atom is 0.281 e. The quantitative estimate of drug-likeness (QED) is 0.734. The van der Waals surface area contributed by atoms with Crippen LogP contribution in [0, 0.1) is 0 Å². The number of hydrogen-bond acceptors (Lipinski definition) is 4. The lowest BCUT2D eigenvalue weighted by Crippen LogP contribution is -2.37. The van der Waals surface area contributed by atoms with Gasteiger partial charge in [0.2, 0.25) is 5.91 Å². The summed E-state index contributed by atoms with van der Waals surface area (Å²) in [5, 5.41) is 8.94. The number of aliphatic hydroxyl groups excluding tert-OH is 1. The summed E-state index contributed by atoms with van der Waals surface area (Å²) >= 11 is 1.31. The first-order valence-corrected chi connectivity index (χ1v) is 6.98. The van der Waals surface area contributed by atoms with E-state index in [1.54, 1.807) is 9.80 Å². The minimum Gasteiger partial charge on any atom is -0.395 e. The van der Waals surface area contributed by atoms with Gasteiger partial charge >= 0.3 is 0 Å². The third-order valence-electron chi connectivity index (χ3n) is 2.66. The standard InChI is InChI=1S/C11H20N2O3S/c1-2-4-12(6-8-14)10(15)3-5-13-7-9-17-11(13)16/h14H,2-9H2,1H3. The van der Waals surface area contributed by atoms with Crippen molar-refractivity contribution in [2.24, 2.45) is 0 Å². The fraction of sp³-hybridized carbons (Fsp3) is 0.818. The first-order chi connectivity index (χ1) is 8.19. The molecular weight excluding hydrogens is 240 g/mol. The molecule has 1 aliphatic rings. The van der Waals surface area contributed by atoms with Gasteiger partial charge in [0, 0.05) is 38.4 Å². The molecule has 0 unspecified atom stereocenters. The molecule has 17 heavy (non-hydrogen) atoms. The lowest BCUT2D eigenvalue weighted by Gasteiger charge is -2.22. The topological polar surface area (TPSA) is 60.9 Å². The van der Waals surface area contributed by atoms with E-state index in [1.165, 1.54) is 11.8 Å². The number of nitrogens with zero attached hydrogens (tertiary/aromatic N) is 2. The summed E-state index contributed by atoms with van der Waals surface area (Å²) in [6, 6.07) is 0. The molecule has 2 amide bonds. The number of thioether (sulfide) groups is 1. The summed E-state index contributed by atoms with van der Waals surface area (Å²) in [5.74, 6) is 0.841. The van der Waals surface area contributed by atoms with E-state index in [9.17, 15) is 9.59 Å². The zero-order chi connectivity index (χ0) is 12.7. The Morgan fingerprint density at radius 3 is 2.82 bits per heavy atom. The van der Waals surface area contributed by atoms with Gasteiger partial charge in [-0.05, 0) is 6.42 Å². The van der Waals surface area contributed by atoms with E-state index in [-0.39, 0.29) is 17.8 Å². The van der Waals surface area contributed by atoms with Crippen LogP contribution in [0.4, 0.5) is 4.79 Å². The summed E-state index contributed by atoms with van der Waals surface area (Å²) in [4.78, 5) is 26.6. The molecule has 1 rings (SSSR count). The van der Waals surface area contributed by atoms with Gasteiger partial charge in [-0.3, -0.25) is 9.59 Å². The molecule has 1 saturated heterocycles. The van der Waals surface area contributed by atoms with Gasteiger partial charge in [-0.2, -0.15) is 0 Å². The number of amides is 2. The highest BCUT2D eigenvalue weighted by molar-refractivity contribution is 8.13. The van der Waals surface area contributed by atoms with Gasteiger partial charge in [-0.15, -0.1) is 0 Å². The second kappa shape index (κ2) is 7.55. The summed E-state index contributed by atoms with van der Waals surface area (Å²) in [6.45, 7) is 4.28. The Balaban J connectivity index is 2.33. The fourth-order valence-electron chi connectivity index (χ4n) is 1.77. The number of rotatable bonds is 7. The van der Waals surface area contributed by atoms with Crippen molar-refractivity contribution in [2.45, 2.75) is 19.8 Å². The summed E-state index contributed by atoms with van der Waals surface area (Å²) < 4.78 is 0. The predicted molar refractivity (Wildman–Crippen MR) is 68.0 cm³/mol. The van der Waals surface area contributed by atoms with Crippen LogP contribution >= 0.6 is 11.8 Å². The van der Waals surface area contributed by atoms with E-state index in [1.807, 2.05) is 6.92 Å². The molecule has 0 aromatic heterocycles. The Hall–Kier alpha value is -0.750. The molecule has 5 nitrogen and oxygen atoms in total. The van der Waals surface area contributed by atoms with Crippen LogP contribution in [0.1, 0.15) is 19.8 Å². The van der Waals surface area contributed by atoms with Crippen molar-refractivity contribution in [1.82, 2.24) is 9.80 Å². The maximum absolute atomic E-state index is 11.9. The van der Waals surface area contributed by atoms with E-state index < -0.39 is 0 Å². The number of carbonyl (C=O) groups is 2. The Labute approximate surface area is 106 Å². The second-order valence-corrected chi connectivity index (χ2v) is 5.00. The lowest BCUT2D eigenvalue weighted by atomic mass is 10.3. The maximum atomic E-state index is 11.9. The van der Waals surface area contributed by atoms with Gasteiger partial charge in [-0.1, -0.05) is 18.7 Å². The molecule has 1 N–H and O–H groups in total. The van der Waals surface area contributed by atoms with E-state index >= 15 is 0 Å². The van der Waals surface area contributed by atoms with Crippen LogP contribution in [0.15, 0.2) is 0 Å². The minimum absolute atomic E-state index is 0.00969. The molecule has 0 bridgehead atoms. The van der Waals surface area contributed by atoms with Crippen molar-refractivity contribution in [3.05, 3.63) is 0 Å². The minimum atomic E-state index is -0.00969. The van der Waals surface area contributed by atoms with Gasteiger partial charge in [-0.25, -0.2) is 0 Å². The Morgan fingerprint density at radius 1 is 1.53 bits per heavy atom. The van der Waals surface area contributed by atoms with Gasteiger partial charge in [0.1, 0.15) is 0 Å². The van der Waals surface area contributed by atoms with Crippen LogP contribution in [-0.2, 0) is 4.79 Å².